The van der Waals surface area contributed by atoms with Gasteiger partial charge in [-0.1, -0.05) is 42.0 Å². The van der Waals surface area contributed by atoms with Crippen LogP contribution in [0.4, 0.5) is 14.5 Å². The van der Waals surface area contributed by atoms with Gasteiger partial charge in [0.2, 0.25) is 15.9 Å². The molecule has 1 aliphatic heterocycles. The normalized spacial score (nSPS) is 16.5. The molecule has 1 amide bonds. The number of nitrogens with zero attached hydrogens (tertiary/aromatic N) is 1. The molecule has 5 nitrogen and oxygen atoms in total. The number of anilines is 1. The summed E-state index contributed by atoms with van der Waals surface area (Å²) in [6, 6.07) is 15.2. The molecule has 3 aromatic carbocycles. The number of halogens is 2. The molecule has 0 aliphatic carbocycles. The number of nitrogens with one attached hydrogen (secondary N) is 1. The number of sulfonamides is 1. The van der Waals surface area contributed by atoms with Crippen LogP contribution < -0.4 is 5.32 Å². The maximum atomic E-state index is 14.1. The molecule has 4 rings (SSSR count). The molecule has 0 spiro atoms. The number of carbonyl (C=O) groups is 1. The SMILES string of the molecule is Cc1ccc(S(=O)(=O)N2Cc3ccccc3CC2C(=O)Nc2cc(F)ccc2F)cc1. The van der Waals surface area contributed by atoms with Gasteiger partial charge >= 0.3 is 0 Å². The first-order valence-electron chi connectivity index (χ1n) is 9.67. The summed E-state index contributed by atoms with van der Waals surface area (Å²) < 4.78 is 55.5. The fourth-order valence-corrected chi connectivity index (χ4v) is 5.20. The highest BCUT2D eigenvalue weighted by Crippen LogP contribution is 2.30. The van der Waals surface area contributed by atoms with E-state index in [0.717, 1.165) is 39.2 Å². The second-order valence-corrected chi connectivity index (χ2v) is 9.36. The maximum Gasteiger partial charge on any atom is 0.244 e. The van der Waals surface area contributed by atoms with Crippen LogP contribution in [-0.2, 0) is 27.8 Å². The van der Waals surface area contributed by atoms with Crippen molar-refractivity contribution in [3.63, 3.8) is 0 Å². The molecule has 1 unspecified atom stereocenters. The molecular formula is C23H20F2N2O3S. The summed E-state index contributed by atoms with van der Waals surface area (Å²) in [5.41, 5.74) is 2.19. The molecule has 3 aromatic rings. The van der Waals surface area contributed by atoms with Crippen LogP contribution in [-0.4, -0.2) is 24.7 Å². The molecule has 8 heteroatoms. The van der Waals surface area contributed by atoms with E-state index in [9.17, 15) is 22.0 Å². The van der Waals surface area contributed by atoms with Crippen molar-refractivity contribution in [1.29, 1.82) is 0 Å². The minimum atomic E-state index is -4.02. The number of fused-ring (bicyclic) bond motifs is 1. The third-order valence-corrected chi connectivity index (χ3v) is 7.19. The van der Waals surface area contributed by atoms with Gasteiger partial charge in [-0.05, 0) is 48.7 Å². The monoisotopic (exact) mass is 442 g/mol. The number of amides is 1. The molecular weight excluding hydrogens is 422 g/mol. The zero-order valence-electron chi connectivity index (χ0n) is 16.7. The van der Waals surface area contributed by atoms with Crippen LogP contribution in [0.1, 0.15) is 16.7 Å². The van der Waals surface area contributed by atoms with Gasteiger partial charge in [0.15, 0.2) is 0 Å². The van der Waals surface area contributed by atoms with Crippen molar-refractivity contribution in [1.82, 2.24) is 4.31 Å². The molecule has 0 bridgehead atoms. The summed E-state index contributed by atoms with van der Waals surface area (Å²) in [7, 11) is -4.02. The van der Waals surface area contributed by atoms with E-state index in [1.165, 1.54) is 12.1 Å². The largest absolute Gasteiger partial charge is 0.322 e. The topological polar surface area (TPSA) is 66.5 Å². The molecule has 0 aromatic heterocycles. The number of rotatable bonds is 4. The van der Waals surface area contributed by atoms with Gasteiger partial charge in [0.25, 0.3) is 0 Å². The summed E-state index contributed by atoms with van der Waals surface area (Å²) in [5, 5.41) is 2.35. The van der Waals surface area contributed by atoms with Gasteiger partial charge < -0.3 is 5.32 Å². The lowest BCUT2D eigenvalue weighted by atomic mass is 9.95. The lowest BCUT2D eigenvalue weighted by Crippen LogP contribution is -2.50. The number of hydrogen-bond donors (Lipinski definition) is 1. The molecule has 1 atom stereocenters. The molecule has 1 N–H and O–H groups in total. The van der Waals surface area contributed by atoms with Crippen LogP contribution in [0.15, 0.2) is 71.6 Å². The van der Waals surface area contributed by atoms with Gasteiger partial charge in [-0.15, -0.1) is 0 Å². The van der Waals surface area contributed by atoms with Crippen molar-refractivity contribution >= 4 is 21.6 Å². The number of benzene rings is 3. The first-order chi connectivity index (χ1) is 14.8. The number of aryl methyl sites for hydroxylation is 1. The summed E-state index contributed by atoms with van der Waals surface area (Å²) in [5.74, 6) is -2.25. The van der Waals surface area contributed by atoms with Gasteiger partial charge in [-0.2, -0.15) is 4.31 Å². The molecule has 0 saturated carbocycles. The molecule has 1 aliphatic rings. The number of carbonyl (C=O) groups excluding carboxylic acids is 1. The van der Waals surface area contributed by atoms with E-state index in [0.29, 0.717) is 0 Å². The van der Waals surface area contributed by atoms with Crippen LogP contribution in [0.25, 0.3) is 0 Å². The van der Waals surface area contributed by atoms with Crippen LogP contribution in [0.5, 0.6) is 0 Å². The van der Waals surface area contributed by atoms with Crippen LogP contribution in [0, 0.1) is 18.6 Å². The lowest BCUT2D eigenvalue weighted by molar-refractivity contribution is -0.120. The highest BCUT2D eigenvalue weighted by Gasteiger charge is 2.39. The second-order valence-electron chi connectivity index (χ2n) is 7.47. The van der Waals surface area contributed by atoms with E-state index in [-0.39, 0.29) is 23.5 Å². The smallest absolute Gasteiger partial charge is 0.244 e. The molecule has 0 saturated heterocycles. The van der Waals surface area contributed by atoms with E-state index in [4.69, 9.17) is 0 Å². The third kappa shape index (κ3) is 4.22. The quantitative estimate of drug-likeness (QED) is 0.664. The van der Waals surface area contributed by atoms with E-state index >= 15 is 0 Å². The average molecular weight is 442 g/mol. The highest BCUT2D eigenvalue weighted by molar-refractivity contribution is 7.89. The Labute approximate surface area is 179 Å². The van der Waals surface area contributed by atoms with Crippen molar-refractivity contribution < 1.29 is 22.0 Å². The standard InChI is InChI=1S/C23H20F2N2O3S/c1-15-6-9-19(10-7-15)31(29,30)27-14-17-5-3-2-4-16(17)12-22(27)23(28)26-21-13-18(24)8-11-20(21)25/h2-11,13,22H,12,14H2,1H3,(H,26,28). The van der Waals surface area contributed by atoms with E-state index in [1.54, 1.807) is 18.2 Å². The Morgan fingerprint density at radius 2 is 1.68 bits per heavy atom. The summed E-state index contributed by atoms with van der Waals surface area (Å²) >= 11 is 0. The zero-order chi connectivity index (χ0) is 22.2. The van der Waals surface area contributed by atoms with Gasteiger partial charge in [0.05, 0.1) is 10.6 Å². The fourth-order valence-electron chi connectivity index (χ4n) is 3.63. The molecule has 1 heterocycles. The van der Waals surface area contributed by atoms with Gasteiger partial charge in [-0.3, -0.25) is 4.79 Å². The Kier molecular flexibility index (Phi) is 5.60. The number of hydrogen-bond acceptors (Lipinski definition) is 3. The first kappa shape index (κ1) is 21.1. The Morgan fingerprint density at radius 1 is 1.00 bits per heavy atom. The highest BCUT2D eigenvalue weighted by atomic mass is 32.2. The Balaban J connectivity index is 1.73. The summed E-state index contributed by atoms with van der Waals surface area (Å²) in [6.45, 7) is 1.84. The molecule has 31 heavy (non-hydrogen) atoms. The third-order valence-electron chi connectivity index (χ3n) is 5.32. The Morgan fingerprint density at radius 3 is 2.39 bits per heavy atom. The van der Waals surface area contributed by atoms with Crippen LogP contribution in [0.2, 0.25) is 0 Å². The van der Waals surface area contributed by atoms with Crippen molar-refractivity contribution in [3.05, 3.63) is 95.1 Å². The minimum absolute atomic E-state index is 0.00387. The molecule has 160 valence electrons. The van der Waals surface area contributed by atoms with Gasteiger partial charge in [-0.25, -0.2) is 17.2 Å². The predicted molar refractivity (Wildman–Crippen MR) is 113 cm³/mol. The second kappa shape index (κ2) is 8.20. The van der Waals surface area contributed by atoms with Gasteiger partial charge in [0, 0.05) is 12.6 Å². The minimum Gasteiger partial charge on any atom is -0.322 e. The van der Waals surface area contributed by atoms with Crippen molar-refractivity contribution in [2.75, 3.05) is 5.32 Å². The van der Waals surface area contributed by atoms with Crippen LogP contribution in [0.3, 0.4) is 0 Å². The zero-order valence-corrected chi connectivity index (χ0v) is 17.5. The van der Waals surface area contributed by atoms with Crippen molar-refractivity contribution in [2.45, 2.75) is 30.8 Å². The average Bonchev–Trinajstić information content (AvgIpc) is 2.75. The summed E-state index contributed by atoms with van der Waals surface area (Å²) in [4.78, 5) is 13.1. The predicted octanol–water partition coefficient (Wildman–Crippen LogP) is 4.03. The Bertz CT molecular complexity index is 1240. The molecule has 0 fully saturated rings. The fraction of sp³-hybridized carbons (Fsp3) is 0.174. The van der Waals surface area contributed by atoms with Crippen molar-refractivity contribution in [2.24, 2.45) is 0 Å². The summed E-state index contributed by atoms with van der Waals surface area (Å²) in [6.07, 6.45) is 0.115. The molecule has 0 radical (unpaired) electrons. The van der Waals surface area contributed by atoms with E-state index in [2.05, 4.69) is 5.32 Å². The maximum absolute atomic E-state index is 14.1. The van der Waals surface area contributed by atoms with Crippen LogP contribution >= 0.6 is 0 Å². The van der Waals surface area contributed by atoms with E-state index in [1.807, 2.05) is 25.1 Å². The lowest BCUT2D eigenvalue weighted by Gasteiger charge is -2.35. The Hall–Kier alpha value is -3.10. The first-order valence-corrected chi connectivity index (χ1v) is 11.1. The van der Waals surface area contributed by atoms with E-state index < -0.39 is 33.6 Å². The van der Waals surface area contributed by atoms with Gasteiger partial charge in [0.1, 0.15) is 17.7 Å². The van der Waals surface area contributed by atoms with Crippen molar-refractivity contribution in [3.8, 4) is 0 Å².